The van der Waals surface area contributed by atoms with Crippen molar-refractivity contribution in [1.29, 1.82) is 0 Å². The van der Waals surface area contributed by atoms with Gasteiger partial charge in [0.2, 0.25) is 5.91 Å². The second kappa shape index (κ2) is 11.5. The number of halogens is 1. The summed E-state index contributed by atoms with van der Waals surface area (Å²) in [6.45, 7) is 9.68. The van der Waals surface area contributed by atoms with E-state index in [0.29, 0.717) is 26.2 Å². The van der Waals surface area contributed by atoms with Gasteiger partial charge < -0.3 is 19.6 Å². The Hall–Kier alpha value is -2.87. The smallest absolute Gasteiger partial charge is 0.219 e. The number of amides is 1. The number of aliphatic hydroxyl groups excluding tert-OH is 1. The number of ether oxygens (including phenoxy) is 1. The molecule has 1 saturated heterocycles. The molecule has 0 saturated carbocycles. The molecule has 7 nitrogen and oxygen atoms in total. The second-order valence-corrected chi connectivity index (χ2v) is 11.1. The van der Waals surface area contributed by atoms with Gasteiger partial charge in [-0.05, 0) is 56.0 Å². The zero-order valence-electron chi connectivity index (χ0n) is 22.5. The van der Waals surface area contributed by atoms with E-state index in [1.165, 1.54) is 0 Å². The van der Waals surface area contributed by atoms with Gasteiger partial charge in [-0.1, -0.05) is 35.9 Å². The molecule has 1 N–H and O–H groups in total. The number of piperidine rings is 1. The predicted octanol–water partition coefficient (Wildman–Crippen LogP) is 4.63. The van der Waals surface area contributed by atoms with E-state index in [9.17, 15) is 9.90 Å². The Balaban J connectivity index is 1.25. The number of aryl methyl sites for hydroxylation is 2. The van der Waals surface area contributed by atoms with Crippen molar-refractivity contribution >= 4 is 17.5 Å². The molecule has 0 radical (unpaired) electrons. The number of carbonyl (C=O) groups excluding carboxylic acids is 1. The SMILES string of the molecule is CC(=O)N1CCc2c(c(-c3ccc(Cl)c(C)c3)nn2CC(O)CN2CCC(Oc3ccccc3C)CC2)C1. The highest BCUT2D eigenvalue weighted by molar-refractivity contribution is 6.31. The van der Waals surface area contributed by atoms with Crippen molar-refractivity contribution in [3.8, 4) is 17.0 Å². The van der Waals surface area contributed by atoms with Gasteiger partial charge in [0.25, 0.3) is 0 Å². The molecule has 1 unspecified atom stereocenters. The summed E-state index contributed by atoms with van der Waals surface area (Å²) in [7, 11) is 0. The molecular formula is C30H37ClN4O3. The van der Waals surface area contributed by atoms with Gasteiger partial charge in [0, 0.05) is 67.9 Å². The third kappa shape index (κ3) is 5.90. The molecule has 2 aliphatic rings. The minimum absolute atomic E-state index is 0.0662. The summed E-state index contributed by atoms with van der Waals surface area (Å²) in [6, 6.07) is 14.1. The maximum atomic E-state index is 12.1. The van der Waals surface area contributed by atoms with Crippen LogP contribution in [0.3, 0.4) is 0 Å². The summed E-state index contributed by atoms with van der Waals surface area (Å²) in [6.07, 6.45) is 2.27. The lowest BCUT2D eigenvalue weighted by Crippen LogP contribution is -2.43. The normalized spacial score (nSPS) is 17.3. The number of β-amino-alcohol motifs (C(OH)–C–C–N with tert-alkyl or cyclic N) is 1. The van der Waals surface area contributed by atoms with Crippen LogP contribution < -0.4 is 4.74 Å². The van der Waals surface area contributed by atoms with E-state index in [0.717, 1.165) is 76.8 Å². The lowest BCUT2D eigenvalue weighted by Gasteiger charge is -2.33. The van der Waals surface area contributed by atoms with Crippen LogP contribution in [0, 0.1) is 13.8 Å². The van der Waals surface area contributed by atoms with E-state index in [-0.39, 0.29) is 12.0 Å². The molecule has 202 valence electrons. The number of para-hydroxylation sites is 1. The Morgan fingerprint density at radius 3 is 2.58 bits per heavy atom. The van der Waals surface area contributed by atoms with Crippen molar-refractivity contribution in [3.05, 3.63) is 69.9 Å². The molecule has 0 spiro atoms. The highest BCUT2D eigenvalue weighted by Gasteiger charge is 2.29. The maximum absolute atomic E-state index is 12.1. The molecule has 1 fully saturated rings. The van der Waals surface area contributed by atoms with Crippen molar-refractivity contribution < 1.29 is 14.6 Å². The summed E-state index contributed by atoms with van der Waals surface area (Å²) >= 11 is 6.28. The maximum Gasteiger partial charge on any atom is 0.219 e. The Morgan fingerprint density at radius 2 is 1.87 bits per heavy atom. The first-order valence-corrected chi connectivity index (χ1v) is 13.9. The van der Waals surface area contributed by atoms with Crippen LogP contribution in [-0.2, 0) is 24.3 Å². The fraction of sp³-hybridized carbons (Fsp3) is 0.467. The number of fused-ring (bicyclic) bond motifs is 1. The lowest BCUT2D eigenvalue weighted by molar-refractivity contribution is -0.129. The summed E-state index contributed by atoms with van der Waals surface area (Å²) in [4.78, 5) is 16.3. The standard InChI is InChI=1S/C30H37ClN4O3/c1-20-6-4-5-7-29(20)38-25-10-13-33(14-11-25)17-24(37)18-35-28-12-15-34(22(3)36)19-26(28)30(32-35)23-8-9-27(31)21(2)16-23/h4-9,16,24-25,37H,10-15,17-19H2,1-3H3. The van der Waals surface area contributed by atoms with Gasteiger partial charge in [-0.25, -0.2) is 0 Å². The third-order valence-corrected chi connectivity index (χ3v) is 8.21. The number of rotatable bonds is 7. The van der Waals surface area contributed by atoms with Gasteiger partial charge in [-0.15, -0.1) is 0 Å². The number of aromatic nitrogens is 2. The minimum atomic E-state index is -0.543. The first kappa shape index (κ1) is 26.7. The molecule has 3 aromatic rings. The summed E-state index contributed by atoms with van der Waals surface area (Å²) < 4.78 is 8.21. The van der Waals surface area contributed by atoms with E-state index in [1.807, 2.05) is 52.9 Å². The minimum Gasteiger partial charge on any atom is -0.490 e. The second-order valence-electron chi connectivity index (χ2n) is 10.6. The summed E-state index contributed by atoms with van der Waals surface area (Å²) in [5, 5.41) is 16.8. The quantitative estimate of drug-likeness (QED) is 0.477. The molecule has 8 heteroatoms. The molecule has 1 atom stereocenters. The third-order valence-electron chi connectivity index (χ3n) is 7.79. The lowest BCUT2D eigenvalue weighted by atomic mass is 9.99. The molecule has 2 aliphatic heterocycles. The monoisotopic (exact) mass is 536 g/mol. The molecule has 2 aromatic carbocycles. The average molecular weight is 537 g/mol. The van der Waals surface area contributed by atoms with Gasteiger partial charge in [0.15, 0.2) is 0 Å². The number of benzene rings is 2. The van der Waals surface area contributed by atoms with Crippen LogP contribution in [0.15, 0.2) is 42.5 Å². The van der Waals surface area contributed by atoms with Crippen molar-refractivity contribution in [2.24, 2.45) is 0 Å². The van der Waals surface area contributed by atoms with Gasteiger partial charge in [0.05, 0.1) is 18.3 Å². The number of likely N-dealkylation sites (tertiary alicyclic amines) is 1. The molecule has 0 aliphatic carbocycles. The van der Waals surface area contributed by atoms with Gasteiger partial charge >= 0.3 is 0 Å². The highest BCUT2D eigenvalue weighted by atomic mass is 35.5. The van der Waals surface area contributed by atoms with Gasteiger partial charge in [-0.2, -0.15) is 5.10 Å². The molecule has 0 bridgehead atoms. The van der Waals surface area contributed by atoms with E-state index in [4.69, 9.17) is 21.4 Å². The van der Waals surface area contributed by atoms with Crippen molar-refractivity contribution in [2.45, 2.75) is 65.3 Å². The van der Waals surface area contributed by atoms with Crippen LogP contribution in [0.4, 0.5) is 0 Å². The van der Waals surface area contributed by atoms with Crippen LogP contribution in [-0.4, -0.2) is 69.0 Å². The fourth-order valence-electron chi connectivity index (χ4n) is 5.57. The van der Waals surface area contributed by atoms with Gasteiger partial charge in [-0.3, -0.25) is 9.48 Å². The Bertz CT molecular complexity index is 1300. The largest absolute Gasteiger partial charge is 0.490 e. The number of hydrogen-bond acceptors (Lipinski definition) is 5. The van der Waals surface area contributed by atoms with Crippen LogP contribution in [0.1, 0.15) is 42.1 Å². The topological polar surface area (TPSA) is 70.8 Å². The molecule has 3 heterocycles. The van der Waals surface area contributed by atoms with E-state index >= 15 is 0 Å². The Kier molecular flexibility index (Phi) is 8.07. The van der Waals surface area contributed by atoms with Crippen LogP contribution in [0.2, 0.25) is 5.02 Å². The summed E-state index contributed by atoms with van der Waals surface area (Å²) in [5.41, 5.74) is 6.17. The molecular weight excluding hydrogens is 500 g/mol. The average Bonchev–Trinajstić information content (AvgIpc) is 3.25. The Labute approximate surface area is 230 Å². The first-order chi connectivity index (χ1) is 18.3. The van der Waals surface area contributed by atoms with E-state index in [1.54, 1.807) is 6.92 Å². The first-order valence-electron chi connectivity index (χ1n) is 13.5. The molecule has 38 heavy (non-hydrogen) atoms. The van der Waals surface area contributed by atoms with Crippen LogP contribution >= 0.6 is 11.6 Å². The fourth-order valence-corrected chi connectivity index (χ4v) is 5.69. The van der Waals surface area contributed by atoms with Crippen LogP contribution in [0.5, 0.6) is 5.75 Å². The number of aliphatic hydroxyl groups is 1. The molecule has 1 amide bonds. The van der Waals surface area contributed by atoms with E-state index in [2.05, 4.69) is 17.9 Å². The van der Waals surface area contributed by atoms with Crippen molar-refractivity contribution in [2.75, 3.05) is 26.2 Å². The number of hydrogen-bond donors (Lipinski definition) is 1. The summed E-state index contributed by atoms with van der Waals surface area (Å²) in [5.74, 6) is 1.03. The zero-order valence-corrected chi connectivity index (χ0v) is 23.2. The molecule has 1 aromatic heterocycles. The van der Waals surface area contributed by atoms with Crippen LogP contribution in [0.25, 0.3) is 11.3 Å². The molecule has 5 rings (SSSR count). The number of nitrogens with zero attached hydrogens (tertiary/aromatic N) is 4. The predicted molar refractivity (Wildman–Crippen MR) is 149 cm³/mol. The highest BCUT2D eigenvalue weighted by Crippen LogP contribution is 2.32. The Morgan fingerprint density at radius 1 is 1.11 bits per heavy atom. The van der Waals surface area contributed by atoms with Crippen molar-refractivity contribution in [1.82, 2.24) is 19.6 Å². The van der Waals surface area contributed by atoms with Gasteiger partial charge in [0.1, 0.15) is 11.9 Å². The van der Waals surface area contributed by atoms with E-state index < -0.39 is 6.10 Å². The zero-order chi connectivity index (χ0) is 26.8. The van der Waals surface area contributed by atoms with Crippen molar-refractivity contribution in [3.63, 3.8) is 0 Å². The number of carbonyl (C=O) groups is 1.